The van der Waals surface area contributed by atoms with Gasteiger partial charge in [0.1, 0.15) is 0 Å². The molecule has 0 atom stereocenters. The van der Waals surface area contributed by atoms with Crippen molar-refractivity contribution in [3.05, 3.63) is 91.0 Å². The van der Waals surface area contributed by atoms with Crippen molar-refractivity contribution in [2.24, 2.45) is 0 Å². The van der Waals surface area contributed by atoms with Gasteiger partial charge in [-0.05, 0) is 0 Å². The summed E-state index contributed by atoms with van der Waals surface area (Å²) in [6, 6.07) is 30.0. The van der Waals surface area contributed by atoms with E-state index in [-0.39, 0.29) is 40.8 Å². The van der Waals surface area contributed by atoms with E-state index in [1.807, 2.05) is 91.0 Å². The van der Waals surface area contributed by atoms with Crippen molar-refractivity contribution in [3.8, 4) is 0 Å². The summed E-state index contributed by atoms with van der Waals surface area (Å²) in [4.78, 5) is 0. The monoisotopic (exact) mass is 337 g/mol. The molecule has 3 aromatic rings. The Labute approximate surface area is 131 Å². The van der Waals surface area contributed by atoms with E-state index >= 15 is 0 Å². The molecule has 0 heterocycles. The Morgan fingerprint density at radius 1 is 0.375 bits per heavy atom. The Hall–Kier alpha value is -0.599. The molecule has 1 radical (unpaired) electrons. The Morgan fingerprint density at radius 3 is 0.625 bits per heavy atom. The summed E-state index contributed by atoms with van der Waals surface area (Å²) in [5.41, 5.74) is 0. The summed E-state index contributed by atoms with van der Waals surface area (Å²) >= 11 is 0. The van der Waals surface area contributed by atoms with Crippen molar-refractivity contribution in [3.63, 3.8) is 0 Å². The molecule has 0 fully saturated rings. The van der Waals surface area contributed by atoms with Crippen LogP contribution in [0.5, 0.6) is 0 Å². The molecule has 0 aliphatic heterocycles. The van der Waals surface area contributed by atoms with E-state index in [0.717, 1.165) is 0 Å². The number of hydrogen-bond donors (Lipinski definition) is 0. The summed E-state index contributed by atoms with van der Waals surface area (Å²) in [5.74, 6) is 0. The van der Waals surface area contributed by atoms with Crippen molar-refractivity contribution < 1.29 is 40.8 Å². The molecule has 0 saturated heterocycles. The van der Waals surface area contributed by atoms with E-state index in [9.17, 15) is 0 Å². The molecule has 16 heavy (non-hydrogen) atoms. The quantitative estimate of drug-likeness (QED) is 0.538. The van der Waals surface area contributed by atoms with Crippen LogP contribution >= 0.6 is 0 Å². The van der Waals surface area contributed by atoms with Gasteiger partial charge in [-0.25, -0.2) is 36.4 Å². The molecule has 0 aliphatic rings. The zero-order valence-electron chi connectivity index (χ0n) is 9.16. The van der Waals surface area contributed by atoms with Gasteiger partial charge in [0.05, 0.1) is 0 Å². The van der Waals surface area contributed by atoms with Crippen LogP contribution in [0.2, 0.25) is 0 Å². The Balaban J connectivity index is 0.000000205. The first-order valence-electron chi connectivity index (χ1n) is 5.00. The molecule has 1 heteroatoms. The van der Waals surface area contributed by atoms with E-state index in [4.69, 9.17) is 0 Å². The molecule has 79 valence electrons. The smallest absolute Gasteiger partial charge is 0.214 e. The topological polar surface area (TPSA) is 0 Å². The Morgan fingerprint density at radius 2 is 0.562 bits per heavy atom. The van der Waals surface area contributed by atoms with Crippen LogP contribution in [0.3, 0.4) is 0 Å². The molecule has 0 aliphatic carbocycles. The first kappa shape index (κ1) is 15.4. The van der Waals surface area contributed by atoms with Crippen LogP contribution in [-0.4, -0.2) is 0 Å². The average molecular weight is 340 g/mol. The molecule has 0 N–H and O–H groups in total. The zero-order valence-corrected chi connectivity index (χ0v) is 12.4. The van der Waals surface area contributed by atoms with Crippen molar-refractivity contribution in [2.45, 2.75) is 0 Å². The van der Waals surface area contributed by atoms with E-state index in [1.54, 1.807) is 0 Å². The molecule has 0 unspecified atom stereocenters. The first-order valence-corrected chi connectivity index (χ1v) is 5.00. The van der Waals surface area contributed by atoms with Crippen LogP contribution in [0.1, 0.15) is 0 Å². The normalized spacial score (nSPS) is 7.50. The minimum Gasteiger partial charge on any atom is -0.214 e. The third kappa shape index (κ3) is 9.94. The fraction of sp³-hybridized carbons (Fsp3) is 0. The standard InChI is InChI=1S/3C5H5.Nd/c3*1-2-4-5-3-1;/h3*1-5H;/q3*-1;+3. The minimum absolute atomic E-state index is 0. The summed E-state index contributed by atoms with van der Waals surface area (Å²) in [6.45, 7) is 0. The van der Waals surface area contributed by atoms with E-state index in [1.165, 1.54) is 0 Å². The predicted molar refractivity (Wildman–Crippen MR) is 66.1 cm³/mol. The molecule has 3 aromatic carbocycles. The van der Waals surface area contributed by atoms with E-state index in [0.29, 0.717) is 0 Å². The minimum atomic E-state index is 0. The molecule has 3 rings (SSSR count). The Bertz CT molecular complexity index is 237. The summed E-state index contributed by atoms with van der Waals surface area (Å²) in [5, 5.41) is 0. The molecule has 0 nitrogen and oxygen atoms in total. The van der Waals surface area contributed by atoms with Gasteiger partial charge < -0.3 is 0 Å². The van der Waals surface area contributed by atoms with Gasteiger partial charge in [-0.15, -0.1) is 0 Å². The maximum atomic E-state index is 2.00. The van der Waals surface area contributed by atoms with Crippen molar-refractivity contribution in [1.82, 2.24) is 0 Å². The molecule has 0 amide bonds. The molecule has 0 aromatic heterocycles. The zero-order chi connectivity index (χ0) is 10.6. The summed E-state index contributed by atoms with van der Waals surface area (Å²) in [7, 11) is 0. The fourth-order valence-corrected chi connectivity index (χ4v) is 0.962. The average Bonchev–Trinajstić information content (AvgIpc) is 3.09. The van der Waals surface area contributed by atoms with Gasteiger partial charge in [0.2, 0.25) is 0 Å². The van der Waals surface area contributed by atoms with Gasteiger partial charge in [-0.1, -0.05) is 0 Å². The predicted octanol–water partition coefficient (Wildman–Crippen LogP) is 4.22. The summed E-state index contributed by atoms with van der Waals surface area (Å²) < 4.78 is 0. The second kappa shape index (κ2) is 12.5. The van der Waals surface area contributed by atoms with Crippen LogP contribution in [0.4, 0.5) is 0 Å². The van der Waals surface area contributed by atoms with Gasteiger partial charge in [0.15, 0.2) is 0 Å². The van der Waals surface area contributed by atoms with Gasteiger partial charge in [-0.2, -0.15) is 54.6 Å². The van der Waals surface area contributed by atoms with Crippen LogP contribution in [-0.2, 0) is 0 Å². The van der Waals surface area contributed by atoms with Crippen LogP contribution in [0, 0.1) is 40.8 Å². The summed E-state index contributed by atoms with van der Waals surface area (Å²) in [6.07, 6.45) is 0. The van der Waals surface area contributed by atoms with Gasteiger partial charge in [-0.3, -0.25) is 0 Å². The van der Waals surface area contributed by atoms with E-state index < -0.39 is 0 Å². The fourth-order valence-electron chi connectivity index (χ4n) is 0.962. The van der Waals surface area contributed by atoms with Crippen molar-refractivity contribution in [2.75, 3.05) is 0 Å². The van der Waals surface area contributed by atoms with Crippen LogP contribution < -0.4 is 0 Å². The van der Waals surface area contributed by atoms with E-state index in [2.05, 4.69) is 0 Å². The second-order valence-corrected chi connectivity index (χ2v) is 2.89. The van der Waals surface area contributed by atoms with Gasteiger partial charge >= 0.3 is 40.8 Å². The largest absolute Gasteiger partial charge is 3.00 e. The van der Waals surface area contributed by atoms with Crippen molar-refractivity contribution >= 4 is 0 Å². The number of rotatable bonds is 0. The van der Waals surface area contributed by atoms with Crippen LogP contribution in [0.25, 0.3) is 0 Å². The molecule has 0 spiro atoms. The SMILES string of the molecule is [Nd+3].c1cc[cH-]c1.c1cc[cH-]c1.c1cc[cH-]c1. The molecular formula is C15H15Nd. The second-order valence-electron chi connectivity index (χ2n) is 2.89. The Kier molecular flexibility index (Phi) is 12.0. The third-order valence-electron chi connectivity index (χ3n) is 1.67. The van der Waals surface area contributed by atoms with Gasteiger partial charge in [0, 0.05) is 0 Å². The maximum absolute atomic E-state index is 2.00. The van der Waals surface area contributed by atoms with Crippen LogP contribution in [0.15, 0.2) is 91.0 Å². The molecular weight excluding hydrogens is 324 g/mol. The van der Waals surface area contributed by atoms with Gasteiger partial charge in [0.25, 0.3) is 0 Å². The van der Waals surface area contributed by atoms with Crippen molar-refractivity contribution in [1.29, 1.82) is 0 Å². The number of hydrogen-bond acceptors (Lipinski definition) is 0. The molecule has 0 saturated carbocycles. The third-order valence-corrected chi connectivity index (χ3v) is 1.67. The maximum Gasteiger partial charge on any atom is 3.00 e. The first-order chi connectivity index (χ1) is 7.50. The molecule has 0 bridgehead atoms.